The molecule has 0 radical (unpaired) electrons. The lowest BCUT2D eigenvalue weighted by Gasteiger charge is -1.21. The maximum absolute atomic E-state index is 7.00. The van der Waals surface area contributed by atoms with Gasteiger partial charge < -0.3 is 5.11 Å². The molecular weight excluding hydrogens is 52.0 g/mol. The summed E-state index contributed by atoms with van der Waals surface area (Å²) in [6.07, 6.45) is 0. The minimum Gasteiger partial charge on any atom is -0.400 e. The highest BCUT2D eigenvalue weighted by molar-refractivity contribution is 3.50. The van der Waals surface area contributed by atoms with Crippen LogP contribution >= 0.6 is 0 Å². The van der Waals surface area contributed by atoms with E-state index >= 15 is 0 Å². The van der Waals surface area contributed by atoms with E-state index in [1.165, 1.54) is 0 Å². The van der Waals surface area contributed by atoms with Gasteiger partial charge in [0, 0.05) is 8.48 Å². The normalized spacial score (nSPS) is 6.25. The predicted octanol–water partition coefficient (Wildman–Crippen LogP) is 0.635. The summed E-state index contributed by atoms with van der Waals surface area (Å²) < 4.78 is 6.21. The molecule has 0 amide bonds. The minimum absolute atomic E-state index is 0.500. The fourth-order valence-electron chi connectivity index (χ4n) is 0. The van der Waals surface area contributed by atoms with E-state index in [1.807, 2.05) is 0 Å². The zero-order valence-corrected chi connectivity index (χ0v) is 3.15. The highest BCUT2D eigenvalue weighted by atomic mass is 16.2. The maximum atomic E-state index is 7.00. The summed E-state index contributed by atoms with van der Waals surface area (Å²) in [6, 6.07) is 0. The number of aliphatic hydroxyl groups excluding tert-OH is 1. The summed E-state index contributed by atoms with van der Waals surface area (Å²) in [6.45, 7) is 2.29. The summed E-state index contributed by atoms with van der Waals surface area (Å²) >= 11 is 0. The van der Waals surface area contributed by atoms with Gasteiger partial charge in [-0.25, -0.2) is 0 Å². The van der Waals surface area contributed by atoms with Crippen molar-refractivity contribution in [3.8, 4) is 0 Å². The lowest BCUT2D eigenvalue weighted by atomic mass is 11.0. The largest absolute Gasteiger partial charge is 0.400 e. The molecule has 28 valence electrons. The summed E-state index contributed by atoms with van der Waals surface area (Å²) in [4.78, 5) is 0. The van der Waals surface area contributed by atoms with Crippen LogP contribution in [0.15, 0.2) is 0 Å². The Labute approximate surface area is 28.7 Å². The maximum Gasteiger partial charge on any atom is 0.0319 e. The average Bonchev–Trinajstić information content (AvgIpc) is 1.46. The Morgan fingerprint density at radius 1 is 1.75 bits per heavy atom. The quantitative estimate of drug-likeness (QED) is 0.438. The molecule has 0 saturated carbocycles. The highest BCUT2D eigenvalue weighted by Crippen LogP contribution is 1.14. The third-order valence-corrected chi connectivity index (χ3v) is 0. The van der Waals surface area contributed by atoms with Gasteiger partial charge in [0.15, 0.2) is 0 Å². The van der Waals surface area contributed by atoms with Crippen molar-refractivity contribution in [2.75, 3.05) is 7.11 Å². The topological polar surface area (TPSA) is 20.2 Å². The lowest BCUT2D eigenvalue weighted by molar-refractivity contribution is 0.399. The monoisotopic (exact) mass is 64.1 g/mol. The van der Waals surface area contributed by atoms with Gasteiger partial charge in [-0.3, -0.25) is 0 Å². The van der Waals surface area contributed by atoms with Crippen LogP contribution in [-0.2, 0) is 0 Å². The van der Waals surface area contributed by atoms with Crippen LogP contribution in [0.5, 0.6) is 0 Å². The van der Waals surface area contributed by atoms with E-state index in [0.29, 0.717) is 6.90 Å². The highest BCUT2D eigenvalue weighted by Gasteiger charge is 0.932. The first-order chi connectivity index (χ1) is 2.41. The van der Waals surface area contributed by atoms with Crippen LogP contribution < -0.4 is 0 Å². The van der Waals surface area contributed by atoms with Gasteiger partial charge in [0.2, 0.25) is 0 Å². The van der Waals surface area contributed by atoms with Crippen molar-refractivity contribution in [1.29, 1.82) is 0 Å². The first-order valence-electron chi connectivity index (χ1n) is 1.86. The molecule has 0 fully saturated rings. The Hall–Kier alpha value is -0.0400. The molecular formula is C3H10O. The molecule has 0 rings (SSSR count). The van der Waals surface area contributed by atoms with Crippen molar-refractivity contribution in [3.63, 3.8) is 0 Å². The molecule has 1 heteroatoms. The number of hydrogen-bond acceptors (Lipinski definition) is 1. The van der Waals surface area contributed by atoms with E-state index in [2.05, 4.69) is 0 Å². The van der Waals surface area contributed by atoms with E-state index in [-0.39, 0.29) is 0 Å². The van der Waals surface area contributed by atoms with Gasteiger partial charge in [-0.2, -0.15) is 0 Å². The second-order valence-electron chi connectivity index (χ2n) is 0. The Morgan fingerprint density at radius 2 is 1.75 bits per heavy atom. The Balaban J connectivity index is 0. The Morgan fingerprint density at radius 3 is 1.75 bits per heavy atom. The molecule has 0 aliphatic carbocycles. The van der Waals surface area contributed by atoms with E-state index in [1.54, 1.807) is 6.92 Å². The fourth-order valence-corrected chi connectivity index (χ4v) is 0. The van der Waals surface area contributed by atoms with Gasteiger partial charge in [0.05, 0.1) is 0 Å². The van der Waals surface area contributed by atoms with E-state index < -0.39 is 0 Å². The molecule has 0 saturated heterocycles. The van der Waals surface area contributed by atoms with Gasteiger partial charge in [0.1, 0.15) is 0 Å². The van der Waals surface area contributed by atoms with Crippen LogP contribution in [0.3, 0.4) is 0 Å². The molecule has 0 bridgehead atoms. The predicted molar refractivity (Wildman–Crippen MR) is 19.5 cm³/mol. The summed E-state index contributed by atoms with van der Waals surface area (Å²) in [5, 5.41) is 7.00. The number of hydrogen-bond donors (Lipinski definition) is 1. The molecule has 0 aromatic carbocycles. The van der Waals surface area contributed by atoms with Crippen molar-refractivity contribution < 1.29 is 6.48 Å². The molecule has 0 aliphatic rings. The standard InChI is InChI=1S/C2H6.CH4O/c2*1-2/h1-2H3;2H,1H3/i1T;. The van der Waals surface area contributed by atoms with Gasteiger partial charge in [-0.15, -0.1) is 0 Å². The zero-order chi connectivity index (χ0) is 4.71. The molecule has 0 aromatic rings. The third kappa shape index (κ3) is 1130. The van der Waals surface area contributed by atoms with Crippen LogP contribution in [0.4, 0.5) is 0 Å². The second-order valence-corrected chi connectivity index (χ2v) is 0. The van der Waals surface area contributed by atoms with Crippen molar-refractivity contribution in [1.82, 2.24) is 0 Å². The smallest absolute Gasteiger partial charge is 0.0319 e. The average molecular weight is 64.1 g/mol. The molecule has 1 nitrogen and oxygen atoms in total. The van der Waals surface area contributed by atoms with Crippen LogP contribution in [0.25, 0.3) is 0 Å². The van der Waals surface area contributed by atoms with Gasteiger partial charge in [-0.05, 0) is 0 Å². The van der Waals surface area contributed by atoms with Crippen molar-refractivity contribution in [2.45, 2.75) is 13.8 Å². The van der Waals surface area contributed by atoms with Crippen LogP contribution in [0.2, 0.25) is 0 Å². The first-order valence-corrected chi connectivity index (χ1v) is 1.15. The lowest BCUT2D eigenvalue weighted by Crippen LogP contribution is -1.25. The molecule has 0 heterocycles. The van der Waals surface area contributed by atoms with Crippen LogP contribution in [-0.4, -0.2) is 12.2 Å². The molecule has 0 aromatic heterocycles. The SMILES string of the molecule is CO.[3H]CC. The van der Waals surface area contributed by atoms with Crippen molar-refractivity contribution in [2.24, 2.45) is 0 Å². The summed E-state index contributed by atoms with van der Waals surface area (Å²) in [5.74, 6) is 0. The minimum atomic E-state index is 0.500. The molecule has 4 heavy (non-hydrogen) atoms. The zero-order valence-electron chi connectivity index (χ0n) is 4.15. The van der Waals surface area contributed by atoms with Gasteiger partial charge >= 0.3 is 0 Å². The molecule has 0 atom stereocenters. The number of aliphatic hydroxyl groups is 1. The van der Waals surface area contributed by atoms with Crippen molar-refractivity contribution in [3.05, 3.63) is 0 Å². The van der Waals surface area contributed by atoms with Crippen LogP contribution in [0, 0.1) is 0 Å². The van der Waals surface area contributed by atoms with Gasteiger partial charge in [0.25, 0.3) is 0 Å². The molecule has 0 spiro atoms. The van der Waals surface area contributed by atoms with Crippen LogP contribution in [0.1, 0.15) is 15.2 Å². The van der Waals surface area contributed by atoms with E-state index in [4.69, 9.17) is 6.48 Å². The molecule has 1 N–H and O–H groups in total. The Kier molecular flexibility index (Phi) is 7040. The van der Waals surface area contributed by atoms with E-state index in [9.17, 15) is 0 Å². The van der Waals surface area contributed by atoms with E-state index in [0.717, 1.165) is 7.11 Å². The van der Waals surface area contributed by atoms with Gasteiger partial charge in [-0.1, -0.05) is 13.8 Å². The molecule has 0 aliphatic heterocycles. The third-order valence-electron chi connectivity index (χ3n) is 0. The number of rotatable bonds is 0. The second kappa shape index (κ2) is 7110. The summed E-state index contributed by atoms with van der Waals surface area (Å²) in [7, 11) is 1.00. The fraction of sp³-hybridized carbons (Fsp3) is 1.00. The molecule has 0 unspecified atom stereocenters. The first kappa shape index (κ1) is 3.96. The summed E-state index contributed by atoms with van der Waals surface area (Å²) in [5.41, 5.74) is 0. The Bertz CT molecular complexity index is 6.85. The van der Waals surface area contributed by atoms with Crippen molar-refractivity contribution >= 4 is 0 Å².